The van der Waals surface area contributed by atoms with Gasteiger partial charge in [-0.1, -0.05) is 6.07 Å². The summed E-state index contributed by atoms with van der Waals surface area (Å²) in [6.07, 6.45) is 0. The zero-order valence-electron chi connectivity index (χ0n) is 19.6. The molecule has 1 fully saturated rings. The topological polar surface area (TPSA) is 89.9 Å². The molecule has 0 spiro atoms. The van der Waals surface area contributed by atoms with E-state index in [4.69, 9.17) is 9.47 Å². The van der Waals surface area contributed by atoms with E-state index in [0.717, 1.165) is 10.6 Å². The van der Waals surface area contributed by atoms with Crippen LogP contribution in [0.25, 0.3) is 5.69 Å². The second-order valence-electron chi connectivity index (χ2n) is 8.82. The van der Waals surface area contributed by atoms with Gasteiger partial charge in [0.2, 0.25) is 0 Å². The Balaban J connectivity index is 1.40. The first-order valence-electron chi connectivity index (χ1n) is 11.2. The number of amides is 3. The predicted molar refractivity (Wildman–Crippen MR) is 125 cm³/mol. The number of halogens is 1. The number of benzene rings is 2. The third-order valence-corrected chi connectivity index (χ3v) is 6.51. The van der Waals surface area contributed by atoms with Crippen molar-refractivity contribution >= 4 is 17.7 Å². The number of rotatable bonds is 5. The highest BCUT2D eigenvalue weighted by atomic mass is 19.1. The molecule has 0 bridgehead atoms. The van der Waals surface area contributed by atoms with E-state index in [9.17, 15) is 18.8 Å². The number of nitrogens with one attached hydrogen (secondary N) is 1. The molecule has 1 atom stereocenters. The Kier molecular flexibility index (Phi) is 5.35. The molecular weight excluding hydrogens is 453 g/mol. The smallest absolute Gasteiger partial charge is 0.325 e. The number of imide groups is 1. The molecule has 180 valence electrons. The number of hydrogen-bond donors (Lipinski definition) is 1. The summed E-state index contributed by atoms with van der Waals surface area (Å²) in [6, 6.07) is 12.1. The molecule has 1 aromatic heterocycles. The van der Waals surface area contributed by atoms with Gasteiger partial charge in [0.25, 0.3) is 5.91 Å². The summed E-state index contributed by atoms with van der Waals surface area (Å²) < 4.78 is 26.3. The zero-order chi connectivity index (χ0) is 24.9. The average molecular weight is 477 g/mol. The van der Waals surface area contributed by atoms with Crippen molar-refractivity contribution in [2.75, 3.05) is 19.8 Å². The van der Waals surface area contributed by atoms with Crippen LogP contribution in [0.2, 0.25) is 0 Å². The second kappa shape index (κ2) is 8.26. The number of carbonyl (C=O) groups excluding carboxylic acids is 3. The van der Waals surface area contributed by atoms with Crippen molar-refractivity contribution in [1.29, 1.82) is 0 Å². The lowest BCUT2D eigenvalue weighted by Crippen LogP contribution is -2.41. The molecule has 2 aliphatic rings. The molecule has 0 saturated carbocycles. The number of ketones is 1. The molecule has 2 aromatic carbocycles. The van der Waals surface area contributed by atoms with Gasteiger partial charge >= 0.3 is 6.03 Å². The summed E-state index contributed by atoms with van der Waals surface area (Å²) >= 11 is 0. The van der Waals surface area contributed by atoms with Crippen molar-refractivity contribution in [3.63, 3.8) is 0 Å². The van der Waals surface area contributed by atoms with Crippen molar-refractivity contribution in [3.8, 4) is 17.2 Å². The molecule has 0 unspecified atom stereocenters. The summed E-state index contributed by atoms with van der Waals surface area (Å²) in [4.78, 5) is 40.3. The van der Waals surface area contributed by atoms with Crippen LogP contribution < -0.4 is 14.8 Å². The molecule has 9 heteroatoms. The van der Waals surface area contributed by atoms with E-state index in [1.807, 2.05) is 11.5 Å². The van der Waals surface area contributed by atoms with Gasteiger partial charge in [0.15, 0.2) is 17.3 Å². The van der Waals surface area contributed by atoms with Crippen molar-refractivity contribution in [3.05, 3.63) is 76.9 Å². The summed E-state index contributed by atoms with van der Waals surface area (Å²) in [5, 5.41) is 2.72. The van der Waals surface area contributed by atoms with E-state index in [1.165, 1.54) is 12.1 Å². The molecule has 1 saturated heterocycles. The number of carbonyl (C=O) groups is 3. The van der Waals surface area contributed by atoms with Gasteiger partial charge in [-0.05, 0) is 68.8 Å². The Morgan fingerprint density at radius 3 is 2.43 bits per heavy atom. The quantitative estimate of drug-likeness (QED) is 0.448. The predicted octanol–water partition coefficient (Wildman–Crippen LogP) is 3.65. The minimum absolute atomic E-state index is 0.355. The molecular formula is C26H24FN3O5. The standard InChI is InChI=1S/C26H24FN3O5/c1-15-12-20(16(2)30(15)19-7-5-18(27)6-8-19)21(31)14-29-24(32)26(3,28-25(29)33)17-4-9-22-23(13-17)35-11-10-34-22/h4-9,12-13H,10-11,14H2,1-3H3,(H,28,33)/t26-/m1/s1. The van der Waals surface area contributed by atoms with E-state index < -0.39 is 24.0 Å². The van der Waals surface area contributed by atoms with Crippen LogP contribution in [0.1, 0.15) is 34.2 Å². The maximum Gasteiger partial charge on any atom is 0.325 e. The Hall–Kier alpha value is -4.14. The Morgan fingerprint density at radius 1 is 1.03 bits per heavy atom. The van der Waals surface area contributed by atoms with E-state index in [1.54, 1.807) is 50.2 Å². The zero-order valence-corrected chi connectivity index (χ0v) is 19.6. The van der Waals surface area contributed by atoms with E-state index in [-0.39, 0.29) is 11.6 Å². The number of hydrogen-bond acceptors (Lipinski definition) is 5. The highest BCUT2D eigenvalue weighted by Crippen LogP contribution is 2.37. The van der Waals surface area contributed by atoms with Crippen LogP contribution in [0, 0.1) is 19.7 Å². The number of urea groups is 1. The fourth-order valence-electron chi connectivity index (χ4n) is 4.65. The minimum Gasteiger partial charge on any atom is -0.486 e. The summed E-state index contributed by atoms with van der Waals surface area (Å²) in [5.74, 6) is -0.183. The van der Waals surface area contributed by atoms with Gasteiger partial charge in [0, 0.05) is 22.6 Å². The molecule has 3 heterocycles. The molecule has 2 aliphatic heterocycles. The summed E-state index contributed by atoms with van der Waals surface area (Å²) in [7, 11) is 0. The van der Waals surface area contributed by atoms with Crippen LogP contribution in [-0.4, -0.2) is 46.9 Å². The average Bonchev–Trinajstić information content (AvgIpc) is 3.26. The van der Waals surface area contributed by atoms with Crippen LogP contribution in [-0.2, 0) is 10.3 Å². The molecule has 8 nitrogen and oxygen atoms in total. The fourth-order valence-corrected chi connectivity index (χ4v) is 4.65. The lowest BCUT2D eigenvalue weighted by atomic mass is 9.91. The first-order chi connectivity index (χ1) is 16.7. The number of fused-ring (bicyclic) bond motifs is 1. The normalized spacial score (nSPS) is 19.1. The SMILES string of the molecule is Cc1cc(C(=O)CN2C(=O)N[C@](C)(c3ccc4c(c3)OCCO4)C2=O)c(C)n1-c1ccc(F)cc1. The van der Waals surface area contributed by atoms with E-state index in [2.05, 4.69) is 5.32 Å². The Labute approximate surface area is 201 Å². The van der Waals surface area contributed by atoms with Gasteiger partial charge in [-0.2, -0.15) is 0 Å². The van der Waals surface area contributed by atoms with Gasteiger partial charge in [-0.3, -0.25) is 14.5 Å². The van der Waals surface area contributed by atoms with Crippen molar-refractivity contribution in [2.24, 2.45) is 0 Å². The third-order valence-electron chi connectivity index (χ3n) is 6.51. The van der Waals surface area contributed by atoms with E-state index >= 15 is 0 Å². The highest BCUT2D eigenvalue weighted by molar-refractivity contribution is 6.11. The maximum absolute atomic E-state index is 13.4. The Morgan fingerprint density at radius 2 is 1.71 bits per heavy atom. The number of ether oxygens (including phenoxy) is 2. The van der Waals surface area contributed by atoms with Gasteiger partial charge in [0.05, 0.1) is 6.54 Å². The lowest BCUT2D eigenvalue weighted by Gasteiger charge is -2.25. The minimum atomic E-state index is -1.35. The first-order valence-corrected chi connectivity index (χ1v) is 11.2. The van der Waals surface area contributed by atoms with Crippen LogP contribution in [0.3, 0.4) is 0 Å². The fraction of sp³-hybridized carbons (Fsp3) is 0.269. The molecule has 0 radical (unpaired) electrons. The molecule has 3 aromatic rings. The maximum atomic E-state index is 13.4. The highest BCUT2D eigenvalue weighted by Gasteiger charge is 2.50. The van der Waals surface area contributed by atoms with E-state index in [0.29, 0.717) is 47.2 Å². The molecule has 0 aliphatic carbocycles. The first kappa shape index (κ1) is 22.6. The van der Waals surface area contributed by atoms with Crippen LogP contribution in [0.5, 0.6) is 11.5 Å². The molecule has 35 heavy (non-hydrogen) atoms. The van der Waals surface area contributed by atoms with Gasteiger partial charge in [0.1, 0.15) is 24.6 Å². The molecule has 3 amide bonds. The number of aromatic nitrogens is 1. The monoisotopic (exact) mass is 477 g/mol. The summed E-state index contributed by atoms with van der Waals surface area (Å²) in [5.41, 5.74) is 1.70. The second-order valence-corrected chi connectivity index (χ2v) is 8.82. The number of Topliss-reactive ketones (excluding diaryl/α,β-unsaturated/α-hetero) is 1. The van der Waals surface area contributed by atoms with Crippen LogP contribution in [0.15, 0.2) is 48.5 Å². The number of nitrogens with zero attached hydrogens (tertiary/aromatic N) is 2. The van der Waals surface area contributed by atoms with Crippen LogP contribution in [0.4, 0.5) is 9.18 Å². The van der Waals surface area contributed by atoms with Gasteiger partial charge in [-0.25, -0.2) is 9.18 Å². The number of aryl methyl sites for hydroxylation is 1. The van der Waals surface area contributed by atoms with Crippen molar-refractivity contribution in [2.45, 2.75) is 26.3 Å². The molecule has 5 rings (SSSR count). The molecule has 1 N–H and O–H groups in total. The largest absolute Gasteiger partial charge is 0.486 e. The third kappa shape index (κ3) is 3.73. The Bertz CT molecular complexity index is 1360. The lowest BCUT2D eigenvalue weighted by molar-refractivity contribution is -0.130. The van der Waals surface area contributed by atoms with Crippen molar-refractivity contribution < 1.29 is 28.2 Å². The van der Waals surface area contributed by atoms with Crippen molar-refractivity contribution in [1.82, 2.24) is 14.8 Å². The van der Waals surface area contributed by atoms with Crippen LogP contribution >= 0.6 is 0 Å². The van der Waals surface area contributed by atoms with Gasteiger partial charge in [-0.15, -0.1) is 0 Å². The summed E-state index contributed by atoms with van der Waals surface area (Å²) in [6.45, 7) is 5.64. The van der Waals surface area contributed by atoms with Gasteiger partial charge < -0.3 is 19.4 Å².